The summed E-state index contributed by atoms with van der Waals surface area (Å²) >= 11 is 11.6. The van der Waals surface area contributed by atoms with Gasteiger partial charge in [0.1, 0.15) is 11.0 Å². The fraction of sp³-hybridized carbons (Fsp3) is 0.0769. The predicted octanol–water partition coefficient (Wildman–Crippen LogP) is 3.70. The summed E-state index contributed by atoms with van der Waals surface area (Å²) in [6.45, 7) is 0.504. The summed E-state index contributed by atoms with van der Waals surface area (Å²) in [5, 5.41) is 12.7. The SMILES string of the molecule is O=C(O)c1cc(Cl)nc(NCc2ccc(Cl)cc2)c1. The summed E-state index contributed by atoms with van der Waals surface area (Å²) < 4.78 is 0. The highest BCUT2D eigenvalue weighted by atomic mass is 35.5. The lowest BCUT2D eigenvalue weighted by Gasteiger charge is -2.07. The van der Waals surface area contributed by atoms with Gasteiger partial charge in [-0.25, -0.2) is 9.78 Å². The van der Waals surface area contributed by atoms with E-state index in [4.69, 9.17) is 28.3 Å². The molecule has 2 aromatic rings. The van der Waals surface area contributed by atoms with E-state index in [0.29, 0.717) is 17.4 Å². The Labute approximate surface area is 120 Å². The number of aromatic nitrogens is 1. The van der Waals surface area contributed by atoms with Crippen molar-refractivity contribution >= 4 is 35.0 Å². The maximum Gasteiger partial charge on any atom is 0.335 e. The fourth-order valence-corrected chi connectivity index (χ4v) is 1.84. The zero-order valence-corrected chi connectivity index (χ0v) is 11.2. The van der Waals surface area contributed by atoms with Gasteiger partial charge in [0.25, 0.3) is 0 Å². The average molecular weight is 297 g/mol. The van der Waals surface area contributed by atoms with Gasteiger partial charge in [-0.05, 0) is 29.8 Å². The molecular formula is C13H10Cl2N2O2. The molecule has 1 aromatic carbocycles. The number of halogens is 2. The Morgan fingerprint density at radius 3 is 2.53 bits per heavy atom. The Morgan fingerprint density at radius 2 is 1.89 bits per heavy atom. The molecule has 0 saturated carbocycles. The molecule has 0 unspecified atom stereocenters. The first-order valence-corrected chi connectivity index (χ1v) is 6.19. The molecule has 0 fully saturated rings. The van der Waals surface area contributed by atoms with E-state index in [1.165, 1.54) is 12.1 Å². The van der Waals surface area contributed by atoms with Crippen LogP contribution < -0.4 is 5.32 Å². The fourth-order valence-electron chi connectivity index (χ4n) is 1.51. The third kappa shape index (κ3) is 3.84. The van der Waals surface area contributed by atoms with Gasteiger partial charge in [0, 0.05) is 11.6 Å². The van der Waals surface area contributed by atoms with E-state index in [0.717, 1.165) is 5.56 Å². The van der Waals surface area contributed by atoms with E-state index in [1.807, 2.05) is 12.1 Å². The molecule has 0 bridgehead atoms. The van der Waals surface area contributed by atoms with Gasteiger partial charge in [0.05, 0.1) is 5.56 Å². The van der Waals surface area contributed by atoms with E-state index in [-0.39, 0.29) is 10.7 Å². The van der Waals surface area contributed by atoms with Crippen LogP contribution >= 0.6 is 23.2 Å². The van der Waals surface area contributed by atoms with Crippen LogP contribution in [0.25, 0.3) is 0 Å². The van der Waals surface area contributed by atoms with Crippen molar-refractivity contribution < 1.29 is 9.90 Å². The van der Waals surface area contributed by atoms with Crippen molar-refractivity contribution in [2.45, 2.75) is 6.54 Å². The number of hydrogen-bond donors (Lipinski definition) is 2. The first kappa shape index (κ1) is 13.6. The average Bonchev–Trinajstić information content (AvgIpc) is 2.37. The largest absolute Gasteiger partial charge is 0.478 e. The molecule has 0 radical (unpaired) electrons. The van der Waals surface area contributed by atoms with Crippen LogP contribution in [0.3, 0.4) is 0 Å². The number of carboxylic acid groups (broad SMARTS) is 1. The summed E-state index contributed by atoms with van der Waals surface area (Å²) in [5.41, 5.74) is 1.10. The number of nitrogens with zero attached hydrogens (tertiary/aromatic N) is 1. The first-order valence-electron chi connectivity index (χ1n) is 5.44. The zero-order chi connectivity index (χ0) is 13.8. The maximum absolute atomic E-state index is 10.9. The topological polar surface area (TPSA) is 62.2 Å². The molecule has 0 aliphatic heterocycles. The van der Waals surface area contributed by atoms with Crippen molar-refractivity contribution in [3.05, 3.63) is 57.7 Å². The molecule has 0 atom stereocenters. The molecule has 0 spiro atoms. The highest BCUT2D eigenvalue weighted by Gasteiger charge is 2.07. The second kappa shape index (κ2) is 5.91. The van der Waals surface area contributed by atoms with E-state index in [1.54, 1.807) is 12.1 Å². The zero-order valence-electron chi connectivity index (χ0n) is 9.73. The number of pyridine rings is 1. The first-order chi connectivity index (χ1) is 9.04. The van der Waals surface area contributed by atoms with Crippen molar-refractivity contribution in [2.75, 3.05) is 5.32 Å². The van der Waals surface area contributed by atoms with Gasteiger partial charge in [0.15, 0.2) is 0 Å². The molecule has 0 aliphatic carbocycles. The lowest BCUT2D eigenvalue weighted by atomic mass is 10.2. The maximum atomic E-state index is 10.9. The highest BCUT2D eigenvalue weighted by molar-refractivity contribution is 6.30. The molecule has 0 saturated heterocycles. The van der Waals surface area contributed by atoms with E-state index >= 15 is 0 Å². The standard InChI is InChI=1S/C13H10Cl2N2O2/c14-10-3-1-8(2-4-10)7-16-12-6-9(13(18)19)5-11(15)17-12/h1-6H,7H2,(H,16,17)(H,18,19). The number of carboxylic acids is 1. The number of carbonyl (C=O) groups is 1. The molecule has 19 heavy (non-hydrogen) atoms. The molecule has 4 nitrogen and oxygen atoms in total. The van der Waals surface area contributed by atoms with Crippen LogP contribution in [0.4, 0.5) is 5.82 Å². The number of aromatic carboxylic acids is 1. The summed E-state index contributed by atoms with van der Waals surface area (Å²) in [4.78, 5) is 14.9. The number of nitrogens with one attached hydrogen (secondary N) is 1. The lowest BCUT2D eigenvalue weighted by Crippen LogP contribution is -2.04. The van der Waals surface area contributed by atoms with Crippen LogP contribution in [0, 0.1) is 0 Å². The minimum absolute atomic E-state index is 0.0959. The quantitative estimate of drug-likeness (QED) is 0.845. The van der Waals surface area contributed by atoms with Gasteiger partial charge in [-0.3, -0.25) is 0 Å². The van der Waals surface area contributed by atoms with Crippen LogP contribution in [0.2, 0.25) is 10.2 Å². The normalized spacial score (nSPS) is 10.2. The Kier molecular flexibility index (Phi) is 4.24. The molecule has 2 N–H and O–H groups in total. The van der Waals surface area contributed by atoms with Gasteiger partial charge in [-0.15, -0.1) is 0 Å². The minimum Gasteiger partial charge on any atom is -0.478 e. The van der Waals surface area contributed by atoms with Crippen molar-refractivity contribution in [2.24, 2.45) is 0 Å². The van der Waals surface area contributed by atoms with E-state index in [9.17, 15) is 4.79 Å². The molecular weight excluding hydrogens is 287 g/mol. The number of benzene rings is 1. The van der Waals surface area contributed by atoms with Crippen LogP contribution in [0.5, 0.6) is 0 Å². The number of anilines is 1. The molecule has 0 amide bonds. The summed E-state index contributed by atoms with van der Waals surface area (Å²) in [6, 6.07) is 10.1. The molecule has 2 rings (SSSR count). The Morgan fingerprint density at radius 1 is 1.21 bits per heavy atom. The van der Waals surface area contributed by atoms with Gasteiger partial charge in [0.2, 0.25) is 0 Å². The van der Waals surface area contributed by atoms with Gasteiger partial charge < -0.3 is 10.4 Å². The summed E-state index contributed by atoms with van der Waals surface area (Å²) in [6.07, 6.45) is 0. The monoisotopic (exact) mass is 296 g/mol. The van der Waals surface area contributed by atoms with Crippen LogP contribution in [0.1, 0.15) is 15.9 Å². The molecule has 1 heterocycles. The third-order valence-corrected chi connectivity index (χ3v) is 2.87. The third-order valence-electron chi connectivity index (χ3n) is 2.43. The second-order valence-corrected chi connectivity index (χ2v) is 4.67. The van der Waals surface area contributed by atoms with Gasteiger partial charge in [-0.1, -0.05) is 35.3 Å². The molecule has 0 aliphatic rings. The number of rotatable bonds is 4. The Balaban J connectivity index is 2.11. The van der Waals surface area contributed by atoms with Crippen LogP contribution in [-0.2, 0) is 6.54 Å². The summed E-state index contributed by atoms with van der Waals surface area (Å²) in [5.74, 6) is -0.626. The van der Waals surface area contributed by atoms with Crippen molar-refractivity contribution in [3.63, 3.8) is 0 Å². The summed E-state index contributed by atoms with van der Waals surface area (Å²) in [7, 11) is 0. The predicted molar refractivity (Wildman–Crippen MR) is 75.0 cm³/mol. The second-order valence-electron chi connectivity index (χ2n) is 3.85. The van der Waals surface area contributed by atoms with Crippen molar-refractivity contribution in [1.29, 1.82) is 0 Å². The van der Waals surface area contributed by atoms with Crippen molar-refractivity contribution in [3.8, 4) is 0 Å². The molecule has 1 aromatic heterocycles. The van der Waals surface area contributed by atoms with E-state index < -0.39 is 5.97 Å². The Hall–Kier alpha value is -1.78. The van der Waals surface area contributed by atoms with Gasteiger partial charge in [-0.2, -0.15) is 0 Å². The minimum atomic E-state index is -1.04. The highest BCUT2D eigenvalue weighted by Crippen LogP contribution is 2.16. The van der Waals surface area contributed by atoms with Crippen molar-refractivity contribution in [1.82, 2.24) is 4.98 Å². The smallest absolute Gasteiger partial charge is 0.335 e. The lowest BCUT2D eigenvalue weighted by molar-refractivity contribution is 0.0697. The van der Waals surface area contributed by atoms with Gasteiger partial charge >= 0.3 is 5.97 Å². The van der Waals surface area contributed by atoms with Crippen LogP contribution in [0.15, 0.2) is 36.4 Å². The van der Waals surface area contributed by atoms with Crippen LogP contribution in [-0.4, -0.2) is 16.1 Å². The van der Waals surface area contributed by atoms with E-state index in [2.05, 4.69) is 10.3 Å². The Bertz CT molecular complexity index is 600. The molecule has 98 valence electrons. The molecule has 6 heteroatoms. The number of hydrogen-bond acceptors (Lipinski definition) is 3.